The van der Waals surface area contributed by atoms with E-state index in [-0.39, 0.29) is 5.78 Å². The number of Topliss-reactive ketones (excluding diaryl/α,β-unsaturated/α-hetero) is 1. The Hall–Kier alpha value is 0.200. The Bertz CT molecular complexity index is 339. The number of thiol groups is 1. The summed E-state index contributed by atoms with van der Waals surface area (Å²) in [6, 6.07) is 5.91. The van der Waals surface area contributed by atoms with E-state index >= 15 is 0 Å². The van der Waals surface area contributed by atoms with E-state index in [4.69, 9.17) is 0 Å². The number of hydrogen-bond donors (Lipinski definition) is 1. The van der Waals surface area contributed by atoms with Gasteiger partial charge < -0.3 is 0 Å². The minimum absolute atomic E-state index is 0.185. The van der Waals surface area contributed by atoms with Gasteiger partial charge >= 0.3 is 0 Å². The standard InChI is InChI=1S/C10H10Br2OS/c11-5-8-2-1-7(4-10(8)14)3-9(13)6-12/h1-2,4,14H,3,5-6H2. The predicted octanol–water partition coefficient (Wildman–Crippen LogP) is 3.38. The molecule has 1 rings (SSSR count). The zero-order valence-electron chi connectivity index (χ0n) is 7.46. The molecule has 0 aliphatic carbocycles. The summed E-state index contributed by atoms with van der Waals surface area (Å²) < 4.78 is 0. The highest BCUT2D eigenvalue weighted by molar-refractivity contribution is 9.09. The fourth-order valence-electron chi connectivity index (χ4n) is 1.11. The van der Waals surface area contributed by atoms with Gasteiger partial charge in [0.2, 0.25) is 0 Å². The van der Waals surface area contributed by atoms with Crippen LogP contribution in [0.5, 0.6) is 0 Å². The molecule has 0 fully saturated rings. The van der Waals surface area contributed by atoms with Crippen molar-refractivity contribution in [2.75, 3.05) is 5.33 Å². The van der Waals surface area contributed by atoms with Crippen molar-refractivity contribution in [2.24, 2.45) is 0 Å². The lowest BCUT2D eigenvalue weighted by Crippen LogP contribution is -2.03. The Kier molecular flexibility index (Phi) is 5.20. The lowest BCUT2D eigenvalue weighted by Gasteiger charge is -2.04. The molecule has 0 aliphatic rings. The molecule has 0 radical (unpaired) electrons. The van der Waals surface area contributed by atoms with Gasteiger partial charge in [0.15, 0.2) is 0 Å². The summed E-state index contributed by atoms with van der Waals surface area (Å²) in [6.45, 7) is 0. The number of benzene rings is 1. The highest BCUT2D eigenvalue weighted by Crippen LogP contribution is 2.19. The van der Waals surface area contributed by atoms with Crippen molar-refractivity contribution in [2.45, 2.75) is 16.6 Å². The summed E-state index contributed by atoms with van der Waals surface area (Å²) in [5.41, 5.74) is 2.16. The van der Waals surface area contributed by atoms with Crippen LogP contribution in [0.4, 0.5) is 0 Å². The molecule has 1 aromatic rings. The van der Waals surface area contributed by atoms with Crippen LogP contribution in [0.25, 0.3) is 0 Å². The van der Waals surface area contributed by atoms with Gasteiger partial charge in [0.05, 0.1) is 5.33 Å². The van der Waals surface area contributed by atoms with Crippen molar-refractivity contribution in [1.29, 1.82) is 0 Å². The lowest BCUT2D eigenvalue weighted by molar-refractivity contribution is -0.115. The van der Waals surface area contributed by atoms with E-state index in [1.807, 2.05) is 18.2 Å². The Morgan fingerprint density at radius 3 is 2.57 bits per heavy atom. The molecular formula is C10H10Br2OS. The Morgan fingerprint density at radius 2 is 2.07 bits per heavy atom. The van der Waals surface area contributed by atoms with Crippen LogP contribution >= 0.6 is 44.5 Å². The average molecular weight is 338 g/mol. The zero-order valence-corrected chi connectivity index (χ0v) is 11.5. The minimum Gasteiger partial charge on any atom is -0.298 e. The van der Waals surface area contributed by atoms with Crippen molar-refractivity contribution >= 4 is 50.3 Å². The lowest BCUT2D eigenvalue weighted by atomic mass is 10.1. The van der Waals surface area contributed by atoms with E-state index in [9.17, 15) is 4.79 Å². The average Bonchev–Trinajstić information content (AvgIpc) is 2.18. The largest absolute Gasteiger partial charge is 0.298 e. The van der Waals surface area contributed by atoms with Crippen LogP contribution in [0.1, 0.15) is 11.1 Å². The van der Waals surface area contributed by atoms with Gasteiger partial charge in [0, 0.05) is 16.6 Å². The Labute approximate surface area is 106 Å². The van der Waals surface area contributed by atoms with Crippen molar-refractivity contribution in [3.63, 3.8) is 0 Å². The molecule has 0 saturated carbocycles. The fraction of sp³-hybridized carbons (Fsp3) is 0.300. The molecule has 0 N–H and O–H groups in total. The van der Waals surface area contributed by atoms with Crippen molar-refractivity contribution in [1.82, 2.24) is 0 Å². The number of alkyl halides is 2. The highest BCUT2D eigenvalue weighted by Gasteiger charge is 2.04. The third kappa shape index (κ3) is 3.41. The van der Waals surface area contributed by atoms with Crippen LogP contribution in [-0.4, -0.2) is 11.1 Å². The van der Waals surface area contributed by atoms with Crippen molar-refractivity contribution in [3.8, 4) is 0 Å². The van der Waals surface area contributed by atoms with E-state index in [2.05, 4.69) is 44.5 Å². The fourth-order valence-corrected chi connectivity index (χ4v) is 2.33. The molecule has 0 saturated heterocycles. The van der Waals surface area contributed by atoms with Crippen LogP contribution in [0.3, 0.4) is 0 Å². The van der Waals surface area contributed by atoms with Gasteiger partial charge in [-0.15, -0.1) is 12.6 Å². The van der Waals surface area contributed by atoms with Gasteiger partial charge in [-0.05, 0) is 17.2 Å². The molecule has 0 spiro atoms. The summed E-state index contributed by atoms with van der Waals surface area (Å²) in [5.74, 6) is 0.185. The van der Waals surface area contributed by atoms with E-state index in [1.54, 1.807) is 0 Å². The molecule has 0 amide bonds. The third-order valence-corrected chi connectivity index (χ3v) is 3.49. The first-order valence-corrected chi connectivity index (χ1v) is 6.80. The summed E-state index contributed by atoms with van der Waals surface area (Å²) in [4.78, 5) is 12.1. The van der Waals surface area contributed by atoms with Gasteiger partial charge in [-0.1, -0.05) is 44.0 Å². The van der Waals surface area contributed by atoms with Gasteiger partial charge in [-0.3, -0.25) is 4.79 Å². The monoisotopic (exact) mass is 336 g/mol. The van der Waals surface area contributed by atoms with Gasteiger partial charge in [0.1, 0.15) is 5.78 Å². The number of rotatable bonds is 4. The van der Waals surface area contributed by atoms with Gasteiger partial charge in [-0.25, -0.2) is 0 Å². The summed E-state index contributed by atoms with van der Waals surface area (Å²) in [5, 5.41) is 1.20. The molecule has 0 unspecified atom stereocenters. The smallest absolute Gasteiger partial charge is 0.147 e. The van der Waals surface area contributed by atoms with Crippen LogP contribution < -0.4 is 0 Å². The highest BCUT2D eigenvalue weighted by atomic mass is 79.9. The first kappa shape index (κ1) is 12.3. The Morgan fingerprint density at radius 1 is 1.36 bits per heavy atom. The van der Waals surface area contributed by atoms with Crippen molar-refractivity contribution in [3.05, 3.63) is 29.3 Å². The molecule has 14 heavy (non-hydrogen) atoms. The van der Waals surface area contributed by atoms with Crippen LogP contribution in [0, 0.1) is 0 Å². The maximum absolute atomic E-state index is 11.2. The van der Waals surface area contributed by atoms with Crippen LogP contribution in [-0.2, 0) is 16.5 Å². The second-order valence-electron chi connectivity index (χ2n) is 2.95. The molecular weight excluding hydrogens is 328 g/mol. The molecule has 0 bridgehead atoms. The predicted molar refractivity (Wildman–Crippen MR) is 68.8 cm³/mol. The molecule has 4 heteroatoms. The maximum atomic E-state index is 11.2. The van der Waals surface area contributed by atoms with E-state index in [0.29, 0.717) is 11.8 Å². The first-order chi connectivity index (χ1) is 6.67. The van der Waals surface area contributed by atoms with Crippen LogP contribution in [0.2, 0.25) is 0 Å². The van der Waals surface area contributed by atoms with Gasteiger partial charge in [0.25, 0.3) is 0 Å². The second-order valence-corrected chi connectivity index (χ2v) is 4.55. The SMILES string of the molecule is O=C(CBr)Cc1ccc(CBr)c(S)c1. The van der Waals surface area contributed by atoms with Crippen LogP contribution in [0.15, 0.2) is 23.1 Å². The van der Waals surface area contributed by atoms with Gasteiger partial charge in [-0.2, -0.15) is 0 Å². The number of halogens is 2. The van der Waals surface area contributed by atoms with E-state index < -0.39 is 0 Å². The molecule has 1 nitrogen and oxygen atoms in total. The number of ketones is 1. The minimum atomic E-state index is 0.185. The number of carbonyl (C=O) groups excluding carboxylic acids is 1. The zero-order chi connectivity index (χ0) is 10.6. The molecule has 1 aromatic carbocycles. The summed E-state index contributed by atoms with van der Waals surface area (Å²) in [7, 11) is 0. The quantitative estimate of drug-likeness (QED) is 0.658. The molecule has 76 valence electrons. The summed E-state index contributed by atoms with van der Waals surface area (Å²) >= 11 is 10.9. The maximum Gasteiger partial charge on any atom is 0.147 e. The topological polar surface area (TPSA) is 17.1 Å². The normalized spacial score (nSPS) is 10.2. The number of carbonyl (C=O) groups is 1. The van der Waals surface area contributed by atoms with Crippen molar-refractivity contribution < 1.29 is 4.79 Å². The summed E-state index contributed by atoms with van der Waals surface area (Å²) in [6.07, 6.45) is 0.474. The third-order valence-electron chi connectivity index (χ3n) is 1.84. The molecule has 0 aromatic heterocycles. The molecule has 0 atom stereocenters. The number of hydrogen-bond acceptors (Lipinski definition) is 2. The second kappa shape index (κ2) is 5.93. The first-order valence-electron chi connectivity index (χ1n) is 4.11. The molecule has 0 heterocycles. The molecule has 0 aliphatic heterocycles. The van der Waals surface area contributed by atoms with E-state index in [0.717, 1.165) is 21.4 Å². The van der Waals surface area contributed by atoms with E-state index in [1.165, 1.54) is 0 Å². The Balaban J connectivity index is 2.81.